The van der Waals surface area contributed by atoms with E-state index in [1.54, 1.807) is 0 Å². The lowest BCUT2D eigenvalue weighted by Gasteiger charge is -2.15. The Labute approximate surface area is 169 Å². The fourth-order valence-corrected chi connectivity index (χ4v) is 2.95. The molecule has 2 aromatic rings. The second-order valence-electron chi connectivity index (χ2n) is 5.96. The monoisotopic (exact) mass is 449 g/mol. The predicted octanol–water partition coefficient (Wildman–Crippen LogP) is 2.82. The molecule has 2 aromatic carbocycles. The van der Waals surface area contributed by atoms with Crippen LogP contribution in [0.5, 0.6) is 0 Å². The van der Waals surface area contributed by atoms with Gasteiger partial charge in [-0.3, -0.25) is 9.59 Å². The molecule has 7 nitrogen and oxygen atoms in total. The molecule has 2 rings (SSSR count). The molecule has 0 aliphatic rings. The summed E-state index contributed by atoms with van der Waals surface area (Å²) in [7, 11) is -3.88. The molecule has 2 amide bonds. The van der Waals surface area contributed by atoms with Crippen molar-refractivity contribution in [3.8, 4) is 0 Å². The number of carbonyl (C=O) groups is 2. The molecule has 1 atom stereocenters. The first-order valence-corrected chi connectivity index (χ1v) is 9.83. The van der Waals surface area contributed by atoms with Crippen molar-refractivity contribution in [2.75, 3.05) is 5.32 Å². The molecule has 0 bridgehead atoms. The number of carbonyl (C=O) groups excluding carboxylic acids is 2. The lowest BCUT2D eigenvalue weighted by molar-refractivity contribution is -0.137. The van der Waals surface area contributed by atoms with Gasteiger partial charge in [-0.25, -0.2) is 13.6 Å². The molecule has 0 saturated carbocycles. The molecular formula is C17H15ClF3N3O4S. The van der Waals surface area contributed by atoms with E-state index >= 15 is 0 Å². The van der Waals surface area contributed by atoms with Gasteiger partial charge >= 0.3 is 18.0 Å². The standard InChI is InChI=1S/C17H15ClF3N3O4S/c1-9(10-2-5-12(6-3-10)29(22,27)28)23-15(25)16(26)24-14-8-11(17(19,20)21)4-7-13(14)18/h2-9H,1H3,(H,23,25)(H,24,26)(H2,22,27,28). The summed E-state index contributed by atoms with van der Waals surface area (Å²) in [6, 6.07) is 6.85. The van der Waals surface area contributed by atoms with Crippen LogP contribution in [-0.4, -0.2) is 20.2 Å². The number of hydrogen-bond acceptors (Lipinski definition) is 4. The van der Waals surface area contributed by atoms with Gasteiger partial charge in [0, 0.05) is 0 Å². The van der Waals surface area contributed by atoms with Gasteiger partial charge in [-0.15, -0.1) is 0 Å². The molecule has 0 saturated heterocycles. The Hall–Kier alpha value is -2.63. The van der Waals surface area contributed by atoms with Crippen LogP contribution in [0.2, 0.25) is 5.02 Å². The number of nitrogens with one attached hydrogen (secondary N) is 2. The average molecular weight is 450 g/mol. The smallest absolute Gasteiger partial charge is 0.341 e. The third-order valence-corrected chi connectivity index (χ3v) is 5.06. The lowest BCUT2D eigenvalue weighted by atomic mass is 10.1. The molecule has 0 aliphatic carbocycles. The summed E-state index contributed by atoms with van der Waals surface area (Å²) < 4.78 is 60.8. The summed E-state index contributed by atoms with van der Waals surface area (Å²) in [5, 5.41) is 9.19. The maximum atomic E-state index is 12.8. The van der Waals surface area contributed by atoms with Crippen molar-refractivity contribution in [1.29, 1.82) is 0 Å². The molecule has 0 heterocycles. The van der Waals surface area contributed by atoms with Crippen LogP contribution in [0.25, 0.3) is 0 Å². The van der Waals surface area contributed by atoms with Crippen LogP contribution in [0.1, 0.15) is 24.1 Å². The molecule has 29 heavy (non-hydrogen) atoms. The summed E-state index contributed by atoms with van der Waals surface area (Å²) in [4.78, 5) is 23.9. The van der Waals surface area contributed by atoms with E-state index in [0.717, 1.165) is 12.1 Å². The highest BCUT2D eigenvalue weighted by atomic mass is 35.5. The van der Waals surface area contributed by atoms with Crippen LogP contribution < -0.4 is 15.8 Å². The van der Waals surface area contributed by atoms with Crippen molar-refractivity contribution in [3.05, 3.63) is 58.6 Å². The number of amides is 2. The van der Waals surface area contributed by atoms with Gasteiger partial charge in [0.1, 0.15) is 0 Å². The Morgan fingerprint density at radius 3 is 2.17 bits per heavy atom. The van der Waals surface area contributed by atoms with E-state index in [2.05, 4.69) is 5.32 Å². The van der Waals surface area contributed by atoms with E-state index in [-0.39, 0.29) is 15.6 Å². The molecular weight excluding hydrogens is 435 g/mol. The normalized spacial score (nSPS) is 12.9. The van der Waals surface area contributed by atoms with E-state index in [9.17, 15) is 31.2 Å². The first kappa shape index (κ1) is 22.7. The van der Waals surface area contributed by atoms with Crippen molar-refractivity contribution in [2.45, 2.75) is 24.0 Å². The largest absolute Gasteiger partial charge is 0.416 e. The zero-order chi connectivity index (χ0) is 22.0. The maximum absolute atomic E-state index is 12.8. The Bertz CT molecular complexity index is 1040. The Kier molecular flexibility index (Phi) is 6.56. The topological polar surface area (TPSA) is 118 Å². The zero-order valence-electron chi connectivity index (χ0n) is 14.7. The summed E-state index contributed by atoms with van der Waals surface area (Å²) in [6.45, 7) is 1.52. The van der Waals surface area contributed by atoms with Crippen molar-refractivity contribution >= 4 is 39.1 Å². The molecule has 0 spiro atoms. The van der Waals surface area contributed by atoms with E-state index < -0.39 is 39.6 Å². The van der Waals surface area contributed by atoms with Crippen LogP contribution in [0, 0.1) is 0 Å². The van der Waals surface area contributed by atoms with Crippen LogP contribution in [0.3, 0.4) is 0 Å². The van der Waals surface area contributed by atoms with E-state index in [0.29, 0.717) is 11.6 Å². The van der Waals surface area contributed by atoms with Gasteiger partial charge in [-0.1, -0.05) is 23.7 Å². The SMILES string of the molecule is CC(NC(=O)C(=O)Nc1cc(C(F)(F)F)ccc1Cl)c1ccc(S(N)(=O)=O)cc1. The minimum Gasteiger partial charge on any atom is -0.341 e. The van der Waals surface area contributed by atoms with Gasteiger partial charge in [0.25, 0.3) is 0 Å². The van der Waals surface area contributed by atoms with Crippen molar-refractivity contribution in [1.82, 2.24) is 5.32 Å². The fourth-order valence-electron chi connectivity index (χ4n) is 2.27. The van der Waals surface area contributed by atoms with Gasteiger partial charge in [0.15, 0.2) is 0 Å². The molecule has 0 aliphatic heterocycles. The number of benzene rings is 2. The Balaban J connectivity index is 2.08. The van der Waals surface area contributed by atoms with Gasteiger partial charge in [-0.2, -0.15) is 13.2 Å². The third-order valence-electron chi connectivity index (χ3n) is 3.80. The molecule has 0 aromatic heterocycles. The zero-order valence-corrected chi connectivity index (χ0v) is 16.3. The number of hydrogen-bond donors (Lipinski definition) is 3. The highest BCUT2D eigenvalue weighted by molar-refractivity contribution is 7.89. The second-order valence-corrected chi connectivity index (χ2v) is 7.92. The number of alkyl halides is 3. The van der Waals surface area contributed by atoms with Crippen LogP contribution >= 0.6 is 11.6 Å². The quantitative estimate of drug-likeness (QED) is 0.622. The van der Waals surface area contributed by atoms with Gasteiger partial charge in [0.05, 0.1) is 27.2 Å². The molecule has 4 N–H and O–H groups in total. The van der Waals surface area contributed by atoms with Gasteiger partial charge in [-0.05, 0) is 42.8 Å². The fraction of sp³-hybridized carbons (Fsp3) is 0.176. The molecule has 0 fully saturated rings. The number of primary sulfonamides is 1. The van der Waals surface area contributed by atoms with E-state index in [1.807, 2.05) is 5.32 Å². The number of anilines is 1. The van der Waals surface area contributed by atoms with Crippen molar-refractivity contribution in [3.63, 3.8) is 0 Å². The van der Waals surface area contributed by atoms with Crippen LogP contribution in [0.4, 0.5) is 18.9 Å². The lowest BCUT2D eigenvalue weighted by Crippen LogP contribution is -2.37. The van der Waals surface area contributed by atoms with Gasteiger partial charge in [0.2, 0.25) is 10.0 Å². The summed E-state index contributed by atoms with van der Waals surface area (Å²) in [5.74, 6) is -2.35. The number of halogens is 4. The minimum absolute atomic E-state index is 0.128. The number of sulfonamides is 1. The first-order valence-electron chi connectivity index (χ1n) is 7.90. The van der Waals surface area contributed by atoms with Crippen LogP contribution in [-0.2, 0) is 25.8 Å². The van der Waals surface area contributed by atoms with E-state index in [4.69, 9.17) is 16.7 Å². The molecule has 1 unspecified atom stereocenters. The van der Waals surface area contributed by atoms with Crippen LogP contribution in [0.15, 0.2) is 47.4 Å². The predicted molar refractivity (Wildman–Crippen MR) is 99.5 cm³/mol. The third kappa shape index (κ3) is 5.92. The summed E-state index contributed by atoms with van der Waals surface area (Å²) >= 11 is 5.78. The number of nitrogens with two attached hydrogens (primary N) is 1. The van der Waals surface area contributed by atoms with Crippen molar-refractivity contribution in [2.24, 2.45) is 5.14 Å². The average Bonchev–Trinajstić information content (AvgIpc) is 2.61. The highest BCUT2D eigenvalue weighted by Crippen LogP contribution is 2.33. The highest BCUT2D eigenvalue weighted by Gasteiger charge is 2.31. The molecule has 0 radical (unpaired) electrons. The molecule has 12 heteroatoms. The second kappa shape index (κ2) is 8.39. The molecule has 156 valence electrons. The van der Waals surface area contributed by atoms with Gasteiger partial charge < -0.3 is 10.6 Å². The van der Waals surface area contributed by atoms with E-state index in [1.165, 1.54) is 31.2 Å². The van der Waals surface area contributed by atoms with Crippen molar-refractivity contribution < 1.29 is 31.2 Å². The minimum atomic E-state index is -4.65. The summed E-state index contributed by atoms with van der Waals surface area (Å²) in [6.07, 6.45) is -4.65. The Morgan fingerprint density at radius 1 is 1.07 bits per heavy atom. The maximum Gasteiger partial charge on any atom is 0.416 e. The summed E-state index contributed by atoms with van der Waals surface area (Å²) in [5.41, 5.74) is -0.941. The first-order chi connectivity index (χ1) is 13.3. The Morgan fingerprint density at radius 2 is 1.66 bits per heavy atom. The number of rotatable bonds is 4.